The minimum atomic E-state index is -0.993. The predicted octanol–water partition coefficient (Wildman–Crippen LogP) is 4.65. The first-order chi connectivity index (χ1) is 12.6. The molecule has 0 spiro atoms. The largest absolute Gasteiger partial charge is 0.480 e. The molecule has 0 saturated carbocycles. The first kappa shape index (κ1) is 22.2. The summed E-state index contributed by atoms with van der Waals surface area (Å²) in [5, 5.41) is 9.05. The van der Waals surface area contributed by atoms with E-state index in [-0.39, 0.29) is 12.5 Å². The van der Waals surface area contributed by atoms with Gasteiger partial charge in [-0.2, -0.15) is 0 Å². The molecular formula is C21H33NO4. The summed E-state index contributed by atoms with van der Waals surface area (Å²) in [6.45, 7) is 0.571. The molecule has 1 amide bonds. The summed E-state index contributed by atoms with van der Waals surface area (Å²) in [7, 11) is 1.74. The Kier molecular flexibility index (Phi) is 12.2. The molecule has 5 heteroatoms. The smallest absolute Gasteiger partial charge is 0.323 e. The fraction of sp³-hybridized carbons (Fsp3) is 0.619. The summed E-state index contributed by atoms with van der Waals surface area (Å²) in [4.78, 5) is 24.8. The van der Waals surface area contributed by atoms with Crippen molar-refractivity contribution in [2.75, 3.05) is 25.2 Å². The number of para-hydroxylation sites is 1. The Bertz CT molecular complexity index is 504. The second kappa shape index (κ2) is 14.3. The normalized spacial score (nSPS) is 10.7. The SMILES string of the molecule is COCCCCCCCCCCCC(=O)N(CC(=O)O)c1ccccc1. The van der Waals surface area contributed by atoms with Crippen molar-refractivity contribution in [1.82, 2.24) is 0 Å². The molecule has 5 nitrogen and oxygen atoms in total. The van der Waals surface area contributed by atoms with Gasteiger partial charge in [0.15, 0.2) is 0 Å². The van der Waals surface area contributed by atoms with Crippen LogP contribution in [0.1, 0.15) is 64.2 Å². The van der Waals surface area contributed by atoms with Gasteiger partial charge in [-0.05, 0) is 25.0 Å². The molecule has 1 N–H and O–H groups in total. The molecule has 0 heterocycles. The number of aliphatic carboxylic acids is 1. The standard InChI is InChI=1S/C21H33NO4/c1-26-17-13-8-6-4-2-3-5-7-12-16-20(23)22(18-21(24)25)19-14-10-9-11-15-19/h9-11,14-15H,2-8,12-13,16-18H2,1H3,(H,24,25). The number of carbonyl (C=O) groups excluding carboxylic acids is 1. The molecule has 0 saturated heterocycles. The third kappa shape index (κ3) is 10.2. The molecule has 0 radical (unpaired) electrons. The van der Waals surface area contributed by atoms with Crippen LogP contribution in [0.25, 0.3) is 0 Å². The maximum absolute atomic E-state index is 12.4. The fourth-order valence-corrected chi connectivity index (χ4v) is 2.96. The van der Waals surface area contributed by atoms with Gasteiger partial charge in [-0.3, -0.25) is 9.59 Å². The zero-order valence-corrected chi connectivity index (χ0v) is 16.0. The summed E-state index contributed by atoms with van der Waals surface area (Å²) in [6.07, 6.45) is 10.7. The van der Waals surface area contributed by atoms with Crippen molar-refractivity contribution in [3.63, 3.8) is 0 Å². The van der Waals surface area contributed by atoms with Crippen molar-refractivity contribution >= 4 is 17.6 Å². The van der Waals surface area contributed by atoms with Gasteiger partial charge in [-0.15, -0.1) is 0 Å². The minimum Gasteiger partial charge on any atom is -0.480 e. The second-order valence-corrected chi connectivity index (χ2v) is 6.63. The third-order valence-corrected chi connectivity index (χ3v) is 4.40. The Balaban J connectivity index is 2.16. The lowest BCUT2D eigenvalue weighted by Crippen LogP contribution is -2.35. The van der Waals surface area contributed by atoms with Crippen LogP contribution in [-0.2, 0) is 14.3 Å². The van der Waals surface area contributed by atoms with Crippen molar-refractivity contribution < 1.29 is 19.4 Å². The van der Waals surface area contributed by atoms with Crippen molar-refractivity contribution in [1.29, 1.82) is 0 Å². The first-order valence-corrected chi connectivity index (χ1v) is 9.71. The number of carboxylic acid groups (broad SMARTS) is 1. The third-order valence-electron chi connectivity index (χ3n) is 4.40. The highest BCUT2D eigenvalue weighted by Gasteiger charge is 2.17. The summed E-state index contributed by atoms with van der Waals surface area (Å²) < 4.78 is 5.04. The van der Waals surface area contributed by atoms with E-state index < -0.39 is 5.97 Å². The number of rotatable bonds is 15. The Labute approximate surface area is 157 Å². The number of nitrogens with zero attached hydrogens (tertiary/aromatic N) is 1. The number of benzene rings is 1. The van der Waals surface area contributed by atoms with Crippen LogP contribution in [0.3, 0.4) is 0 Å². The maximum Gasteiger partial charge on any atom is 0.323 e. The van der Waals surface area contributed by atoms with Crippen molar-refractivity contribution in [3.8, 4) is 0 Å². The van der Waals surface area contributed by atoms with E-state index in [2.05, 4.69) is 0 Å². The Morgan fingerprint density at radius 2 is 1.42 bits per heavy atom. The van der Waals surface area contributed by atoms with Crippen LogP contribution in [0, 0.1) is 0 Å². The molecule has 1 aromatic rings. The molecule has 0 atom stereocenters. The molecule has 0 aliphatic rings. The number of unbranched alkanes of at least 4 members (excludes halogenated alkanes) is 8. The number of anilines is 1. The van der Waals surface area contributed by atoms with E-state index in [1.807, 2.05) is 18.2 Å². The maximum atomic E-state index is 12.4. The highest BCUT2D eigenvalue weighted by molar-refractivity contribution is 5.97. The number of hydrogen-bond acceptors (Lipinski definition) is 3. The number of methoxy groups -OCH3 is 1. The Morgan fingerprint density at radius 1 is 0.885 bits per heavy atom. The first-order valence-electron chi connectivity index (χ1n) is 9.71. The zero-order chi connectivity index (χ0) is 19.0. The van der Waals surface area contributed by atoms with Crippen molar-refractivity contribution in [2.24, 2.45) is 0 Å². The lowest BCUT2D eigenvalue weighted by atomic mass is 10.1. The van der Waals surface area contributed by atoms with E-state index in [1.165, 1.54) is 37.0 Å². The van der Waals surface area contributed by atoms with Crippen LogP contribution in [0.4, 0.5) is 5.69 Å². The summed E-state index contributed by atoms with van der Waals surface area (Å²) >= 11 is 0. The topological polar surface area (TPSA) is 66.8 Å². The fourth-order valence-electron chi connectivity index (χ4n) is 2.96. The number of carbonyl (C=O) groups is 2. The summed E-state index contributed by atoms with van der Waals surface area (Å²) in [5.74, 6) is -1.11. The number of amides is 1. The number of carboxylic acids is 1. The van der Waals surface area contributed by atoms with Crippen LogP contribution < -0.4 is 4.90 Å². The van der Waals surface area contributed by atoms with E-state index in [0.717, 1.165) is 32.3 Å². The van der Waals surface area contributed by atoms with Crippen LogP contribution in [0.15, 0.2) is 30.3 Å². The molecule has 26 heavy (non-hydrogen) atoms. The average molecular weight is 363 g/mol. The Hall–Kier alpha value is -1.88. The van der Waals surface area contributed by atoms with Crippen molar-refractivity contribution in [2.45, 2.75) is 64.2 Å². The molecule has 0 unspecified atom stereocenters. The van der Waals surface area contributed by atoms with E-state index in [0.29, 0.717) is 12.1 Å². The lowest BCUT2D eigenvalue weighted by Gasteiger charge is -2.20. The highest BCUT2D eigenvalue weighted by atomic mass is 16.5. The van der Waals surface area contributed by atoms with Gasteiger partial charge in [0.25, 0.3) is 0 Å². The molecule has 0 bridgehead atoms. The van der Waals surface area contributed by atoms with Gasteiger partial charge in [-0.25, -0.2) is 0 Å². The minimum absolute atomic E-state index is 0.114. The van der Waals surface area contributed by atoms with E-state index in [9.17, 15) is 9.59 Å². The summed E-state index contributed by atoms with van der Waals surface area (Å²) in [6, 6.07) is 9.02. The van der Waals surface area contributed by atoms with Crippen molar-refractivity contribution in [3.05, 3.63) is 30.3 Å². The van der Waals surface area contributed by atoms with Gasteiger partial charge >= 0.3 is 5.97 Å². The molecule has 1 aromatic carbocycles. The second-order valence-electron chi connectivity index (χ2n) is 6.63. The molecule has 0 aliphatic heterocycles. The molecular weight excluding hydrogens is 330 g/mol. The van der Waals surface area contributed by atoms with Gasteiger partial charge in [0, 0.05) is 25.8 Å². The molecule has 0 fully saturated rings. The highest BCUT2D eigenvalue weighted by Crippen LogP contribution is 2.16. The molecule has 0 aliphatic carbocycles. The predicted molar refractivity (Wildman–Crippen MR) is 104 cm³/mol. The van der Waals surface area contributed by atoms with Gasteiger partial charge in [0.1, 0.15) is 6.54 Å². The number of hydrogen-bond donors (Lipinski definition) is 1. The van der Waals surface area contributed by atoms with Gasteiger partial charge < -0.3 is 14.7 Å². The van der Waals surface area contributed by atoms with E-state index in [4.69, 9.17) is 9.84 Å². The van der Waals surface area contributed by atoms with Gasteiger partial charge in [-0.1, -0.05) is 63.1 Å². The molecule has 146 valence electrons. The van der Waals surface area contributed by atoms with Crippen LogP contribution in [-0.4, -0.2) is 37.2 Å². The quantitative estimate of drug-likeness (QED) is 0.461. The van der Waals surface area contributed by atoms with Crippen LogP contribution >= 0.6 is 0 Å². The summed E-state index contributed by atoms with van der Waals surface area (Å²) in [5.41, 5.74) is 0.647. The Morgan fingerprint density at radius 3 is 1.96 bits per heavy atom. The average Bonchev–Trinajstić information content (AvgIpc) is 2.64. The van der Waals surface area contributed by atoms with Crippen LogP contribution in [0.2, 0.25) is 0 Å². The van der Waals surface area contributed by atoms with Crippen LogP contribution in [0.5, 0.6) is 0 Å². The lowest BCUT2D eigenvalue weighted by molar-refractivity contribution is -0.136. The monoisotopic (exact) mass is 363 g/mol. The number of ether oxygens (including phenoxy) is 1. The van der Waals surface area contributed by atoms with Gasteiger partial charge in [0.2, 0.25) is 5.91 Å². The zero-order valence-electron chi connectivity index (χ0n) is 16.0. The van der Waals surface area contributed by atoms with Gasteiger partial charge in [0.05, 0.1) is 0 Å². The molecule has 0 aromatic heterocycles. The van der Waals surface area contributed by atoms with E-state index in [1.54, 1.807) is 19.2 Å². The van der Waals surface area contributed by atoms with E-state index >= 15 is 0 Å². The molecule has 1 rings (SSSR count).